The van der Waals surface area contributed by atoms with Crippen LogP contribution in [0.1, 0.15) is 29.4 Å². The highest BCUT2D eigenvalue weighted by atomic mass is 16.3. The van der Waals surface area contributed by atoms with E-state index in [0.29, 0.717) is 18.7 Å². The highest BCUT2D eigenvalue weighted by Gasteiger charge is 2.29. The molecule has 22 heavy (non-hydrogen) atoms. The van der Waals surface area contributed by atoms with Gasteiger partial charge in [-0.3, -0.25) is 4.79 Å². The molecule has 0 radical (unpaired) electrons. The zero-order valence-electron chi connectivity index (χ0n) is 12.9. The molecule has 1 fully saturated rings. The molecular weight excluding hydrogens is 278 g/mol. The molecular formula is C17H21N3O2. The van der Waals surface area contributed by atoms with Gasteiger partial charge in [-0.15, -0.1) is 0 Å². The minimum absolute atomic E-state index is 0.0503. The molecule has 0 aliphatic carbocycles. The van der Waals surface area contributed by atoms with E-state index in [2.05, 4.69) is 5.10 Å². The molecule has 0 spiro atoms. The van der Waals surface area contributed by atoms with Gasteiger partial charge in [0.05, 0.1) is 29.2 Å². The van der Waals surface area contributed by atoms with E-state index < -0.39 is 6.10 Å². The predicted octanol–water partition coefficient (Wildman–Crippen LogP) is 2.02. The number of benzene rings is 1. The number of carbonyl (C=O) groups excluding carboxylic acids is 1. The highest BCUT2D eigenvalue weighted by Crippen LogP contribution is 2.21. The van der Waals surface area contributed by atoms with Gasteiger partial charge >= 0.3 is 0 Å². The summed E-state index contributed by atoms with van der Waals surface area (Å²) < 4.78 is 1.77. The molecule has 2 heterocycles. The summed E-state index contributed by atoms with van der Waals surface area (Å²) >= 11 is 0. The normalized spacial score (nSPS) is 21.9. The predicted molar refractivity (Wildman–Crippen MR) is 84.0 cm³/mol. The van der Waals surface area contributed by atoms with Crippen LogP contribution in [0.15, 0.2) is 36.5 Å². The number of piperidine rings is 1. The minimum Gasteiger partial charge on any atom is -0.391 e. The number of aromatic nitrogens is 2. The Morgan fingerprint density at radius 1 is 1.32 bits per heavy atom. The van der Waals surface area contributed by atoms with Crippen LogP contribution in [-0.2, 0) is 0 Å². The fourth-order valence-corrected chi connectivity index (χ4v) is 2.85. The van der Waals surface area contributed by atoms with Crippen molar-refractivity contribution < 1.29 is 9.90 Å². The van der Waals surface area contributed by atoms with E-state index in [9.17, 15) is 9.90 Å². The quantitative estimate of drug-likeness (QED) is 0.923. The average Bonchev–Trinajstić information content (AvgIpc) is 2.92. The molecule has 0 bridgehead atoms. The third-order valence-corrected chi connectivity index (χ3v) is 4.45. The summed E-state index contributed by atoms with van der Waals surface area (Å²) in [6, 6.07) is 9.76. The summed E-state index contributed by atoms with van der Waals surface area (Å²) in [4.78, 5) is 14.4. The second kappa shape index (κ2) is 5.93. The molecule has 1 aliphatic heterocycles. The largest absolute Gasteiger partial charge is 0.391 e. The van der Waals surface area contributed by atoms with Gasteiger partial charge in [-0.1, -0.05) is 25.1 Å². The highest BCUT2D eigenvalue weighted by molar-refractivity contribution is 5.95. The Labute approximate surface area is 130 Å². The molecule has 5 nitrogen and oxygen atoms in total. The molecule has 1 aromatic heterocycles. The number of hydrogen-bond donors (Lipinski definition) is 1. The van der Waals surface area contributed by atoms with Gasteiger partial charge in [-0.05, 0) is 31.4 Å². The summed E-state index contributed by atoms with van der Waals surface area (Å²) in [7, 11) is 0. The minimum atomic E-state index is -0.442. The van der Waals surface area contributed by atoms with Crippen LogP contribution >= 0.6 is 0 Å². The second-order valence-corrected chi connectivity index (χ2v) is 5.98. The van der Waals surface area contributed by atoms with Gasteiger partial charge in [0.15, 0.2) is 0 Å². The van der Waals surface area contributed by atoms with Crippen LogP contribution in [0.5, 0.6) is 0 Å². The molecule has 3 rings (SSSR count). The lowest BCUT2D eigenvalue weighted by Gasteiger charge is -2.34. The van der Waals surface area contributed by atoms with E-state index in [1.54, 1.807) is 15.8 Å². The topological polar surface area (TPSA) is 58.4 Å². The summed E-state index contributed by atoms with van der Waals surface area (Å²) in [6.07, 6.45) is 2.01. The Morgan fingerprint density at radius 3 is 2.73 bits per heavy atom. The number of aliphatic hydroxyl groups excluding tert-OH is 1. The molecule has 2 atom stereocenters. The van der Waals surface area contributed by atoms with Crippen molar-refractivity contribution in [1.29, 1.82) is 0 Å². The first-order valence-corrected chi connectivity index (χ1v) is 7.65. The number of hydrogen-bond acceptors (Lipinski definition) is 3. The van der Waals surface area contributed by atoms with Crippen LogP contribution < -0.4 is 0 Å². The van der Waals surface area contributed by atoms with Crippen LogP contribution in [0.4, 0.5) is 0 Å². The standard InChI is InChI=1S/C17H21N3O2/c1-12-8-9-19(11-16(12)21)17(22)15-10-18-20(13(15)2)14-6-4-3-5-7-14/h3-7,10,12,16,21H,8-9,11H2,1-2H3. The molecule has 2 unspecified atom stereocenters. The number of nitrogens with zero attached hydrogens (tertiary/aromatic N) is 3. The summed E-state index contributed by atoms with van der Waals surface area (Å²) in [5.74, 6) is 0.197. The number of aliphatic hydroxyl groups is 1. The number of para-hydroxylation sites is 1. The molecule has 5 heteroatoms. The first-order chi connectivity index (χ1) is 10.6. The molecule has 2 aromatic rings. The van der Waals surface area contributed by atoms with E-state index in [4.69, 9.17) is 0 Å². The lowest BCUT2D eigenvalue weighted by atomic mass is 9.95. The van der Waals surface area contributed by atoms with Crippen LogP contribution in [0, 0.1) is 12.8 Å². The van der Waals surface area contributed by atoms with Crippen molar-refractivity contribution in [3.8, 4) is 5.69 Å². The van der Waals surface area contributed by atoms with Crippen molar-refractivity contribution in [1.82, 2.24) is 14.7 Å². The number of amides is 1. The van der Waals surface area contributed by atoms with Gasteiger partial charge in [0, 0.05) is 13.1 Å². The lowest BCUT2D eigenvalue weighted by molar-refractivity contribution is 0.0248. The molecule has 1 amide bonds. The molecule has 116 valence electrons. The SMILES string of the molecule is Cc1c(C(=O)N2CCC(C)C(O)C2)cnn1-c1ccccc1. The van der Waals surface area contributed by atoms with Crippen LogP contribution in [-0.4, -0.2) is 44.9 Å². The van der Waals surface area contributed by atoms with Crippen molar-refractivity contribution in [2.45, 2.75) is 26.4 Å². The number of carbonyl (C=O) groups is 1. The van der Waals surface area contributed by atoms with Gasteiger partial charge in [-0.2, -0.15) is 5.10 Å². The van der Waals surface area contributed by atoms with Gasteiger partial charge < -0.3 is 10.0 Å². The fourth-order valence-electron chi connectivity index (χ4n) is 2.85. The Bertz CT molecular complexity index is 666. The number of likely N-dealkylation sites (tertiary alicyclic amines) is 1. The molecule has 1 aliphatic rings. The third-order valence-electron chi connectivity index (χ3n) is 4.45. The van der Waals surface area contributed by atoms with Gasteiger partial charge in [-0.25, -0.2) is 4.68 Å². The van der Waals surface area contributed by atoms with Crippen molar-refractivity contribution in [3.05, 3.63) is 47.8 Å². The first-order valence-electron chi connectivity index (χ1n) is 7.65. The Balaban J connectivity index is 1.84. The van der Waals surface area contributed by atoms with Crippen molar-refractivity contribution in [3.63, 3.8) is 0 Å². The Hall–Kier alpha value is -2.14. The number of β-amino-alcohol motifs (C(OH)–C–C–N with tert-alkyl or cyclic N) is 1. The van der Waals surface area contributed by atoms with Gasteiger partial charge in [0.25, 0.3) is 5.91 Å². The summed E-state index contributed by atoms with van der Waals surface area (Å²) in [5.41, 5.74) is 2.36. The molecule has 1 N–H and O–H groups in total. The van der Waals surface area contributed by atoms with Crippen molar-refractivity contribution in [2.75, 3.05) is 13.1 Å². The Kier molecular flexibility index (Phi) is 3.98. The monoisotopic (exact) mass is 299 g/mol. The first kappa shape index (κ1) is 14.8. The molecule has 1 saturated heterocycles. The Morgan fingerprint density at radius 2 is 2.05 bits per heavy atom. The maximum absolute atomic E-state index is 12.7. The maximum Gasteiger partial charge on any atom is 0.257 e. The van der Waals surface area contributed by atoms with E-state index in [1.165, 1.54) is 0 Å². The lowest BCUT2D eigenvalue weighted by Crippen LogP contribution is -2.45. The van der Waals surface area contributed by atoms with Crippen LogP contribution in [0.2, 0.25) is 0 Å². The van der Waals surface area contributed by atoms with Crippen LogP contribution in [0.25, 0.3) is 5.69 Å². The number of rotatable bonds is 2. The molecule has 1 aromatic carbocycles. The van der Waals surface area contributed by atoms with E-state index in [-0.39, 0.29) is 11.8 Å². The second-order valence-electron chi connectivity index (χ2n) is 5.98. The third kappa shape index (κ3) is 2.64. The van der Waals surface area contributed by atoms with Gasteiger partial charge in [0.2, 0.25) is 0 Å². The average molecular weight is 299 g/mol. The summed E-state index contributed by atoms with van der Waals surface area (Å²) in [6.45, 7) is 5.00. The zero-order valence-corrected chi connectivity index (χ0v) is 12.9. The van der Waals surface area contributed by atoms with Crippen molar-refractivity contribution in [2.24, 2.45) is 5.92 Å². The van der Waals surface area contributed by atoms with Crippen molar-refractivity contribution >= 4 is 5.91 Å². The fraction of sp³-hybridized carbons (Fsp3) is 0.412. The van der Waals surface area contributed by atoms with Gasteiger partial charge in [0.1, 0.15) is 0 Å². The van der Waals surface area contributed by atoms with E-state index in [0.717, 1.165) is 17.8 Å². The smallest absolute Gasteiger partial charge is 0.257 e. The van der Waals surface area contributed by atoms with Crippen LogP contribution in [0.3, 0.4) is 0 Å². The summed E-state index contributed by atoms with van der Waals surface area (Å²) in [5, 5.41) is 14.3. The van der Waals surface area contributed by atoms with E-state index >= 15 is 0 Å². The van der Waals surface area contributed by atoms with E-state index in [1.807, 2.05) is 44.2 Å². The zero-order chi connectivity index (χ0) is 15.7. The molecule has 0 saturated carbocycles. The maximum atomic E-state index is 12.7.